The van der Waals surface area contributed by atoms with Crippen LogP contribution in [0.3, 0.4) is 0 Å². The number of hydrogen-bond donors (Lipinski definition) is 2. The Labute approximate surface area is 118 Å². The van der Waals surface area contributed by atoms with Crippen LogP contribution in [0.15, 0.2) is 27.2 Å². The van der Waals surface area contributed by atoms with Gasteiger partial charge in [-0.1, -0.05) is 5.16 Å². The average molecular weight is 326 g/mol. The number of ether oxygens (including phenoxy) is 1. The third-order valence-corrected chi connectivity index (χ3v) is 3.07. The van der Waals surface area contributed by atoms with Crippen molar-refractivity contribution in [3.8, 4) is 17.1 Å². The van der Waals surface area contributed by atoms with E-state index < -0.39 is 0 Å². The molecule has 1 heterocycles. The molecule has 0 atom stereocenters. The number of carbonyl (C=O) groups is 1. The highest BCUT2D eigenvalue weighted by molar-refractivity contribution is 9.10. The Morgan fingerprint density at radius 3 is 2.79 bits per heavy atom. The van der Waals surface area contributed by atoms with E-state index in [0.717, 1.165) is 4.47 Å². The first-order valence-electron chi connectivity index (χ1n) is 5.39. The number of benzene rings is 1. The van der Waals surface area contributed by atoms with Gasteiger partial charge in [-0.15, -0.1) is 0 Å². The van der Waals surface area contributed by atoms with Gasteiger partial charge in [0.25, 0.3) is 0 Å². The van der Waals surface area contributed by atoms with Crippen LogP contribution < -0.4 is 15.8 Å². The third kappa shape index (κ3) is 2.70. The molecule has 0 bridgehead atoms. The number of methoxy groups -OCH3 is 1. The Hall–Kier alpha value is -2.02. The maximum absolute atomic E-state index is 11.3. The van der Waals surface area contributed by atoms with Crippen LogP contribution in [-0.4, -0.2) is 18.2 Å². The predicted molar refractivity (Wildman–Crippen MR) is 74.9 cm³/mol. The molecule has 0 fully saturated rings. The van der Waals surface area contributed by atoms with Gasteiger partial charge < -0.3 is 20.3 Å². The number of carbonyl (C=O) groups excluding carboxylic acids is 1. The normalized spacial score (nSPS) is 10.3. The van der Waals surface area contributed by atoms with E-state index in [4.69, 9.17) is 15.0 Å². The van der Waals surface area contributed by atoms with Crippen molar-refractivity contribution in [2.75, 3.05) is 18.2 Å². The second-order valence-electron chi connectivity index (χ2n) is 3.80. The second-order valence-corrected chi connectivity index (χ2v) is 4.65. The van der Waals surface area contributed by atoms with Gasteiger partial charge in [0.15, 0.2) is 11.6 Å². The summed E-state index contributed by atoms with van der Waals surface area (Å²) in [7, 11) is 1.52. The summed E-state index contributed by atoms with van der Waals surface area (Å²) in [5.41, 5.74) is 6.67. The molecule has 0 aliphatic heterocycles. The molecule has 1 aromatic heterocycles. The standard InChI is InChI=1S/C12H12BrN3O3/c1-6(17)15-12-8(18-2)4-3-7(13)11(12)9-5-10(14)16-19-9/h3-5H,1-2H3,(H2,14,16)(H,15,17). The molecular weight excluding hydrogens is 314 g/mol. The number of rotatable bonds is 3. The monoisotopic (exact) mass is 325 g/mol. The van der Waals surface area contributed by atoms with Gasteiger partial charge >= 0.3 is 0 Å². The van der Waals surface area contributed by atoms with Crippen molar-refractivity contribution in [1.82, 2.24) is 5.16 Å². The molecule has 19 heavy (non-hydrogen) atoms. The fourth-order valence-electron chi connectivity index (χ4n) is 1.68. The van der Waals surface area contributed by atoms with Crippen LogP contribution >= 0.6 is 15.9 Å². The summed E-state index contributed by atoms with van der Waals surface area (Å²) in [6.45, 7) is 1.42. The zero-order chi connectivity index (χ0) is 14.0. The van der Waals surface area contributed by atoms with Crippen molar-refractivity contribution in [3.05, 3.63) is 22.7 Å². The van der Waals surface area contributed by atoms with Gasteiger partial charge in [-0.05, 0) is 28.1 Å². The molecule has 0 aliphatic carbocycles. The quantitative estimate of drug-likeness (QED) is 0.905. The lowest BCUT2D eigenvalue weighted by Gasteiger charge is -2.13. The molecule has 0 unspecified atom stereocenters. The molecule has 1 amide bonds. The number of nitrogens with one attached hydrogen (secondary N) is 1. The van der Waals surface area contributed by atoms with E-state index in [2.05, 4.69) is 26.4 Å². The molecular formula is C12H12BrN3O3. The summed E-state index contributed by atoms with van der Waals surface area (Å²) in [4.78, 5) is 11.3. The molecule has 7 heteroatoms. The Bertz CT molecular complexity index is 625. The fraction of sp³-hybridized carbons (Fsp3) is 0.167. The zero-order valence-electron chi connectivity index (χ0n) is 10.4. The maximum Gasteiger partial charge on any atom is 0.221 e. The first-order valence-corrected chi connectivity index (χ1v) is 6.19. The summed E-state index contributed by atoms with van der Waals surface area (Å²) in [6.07, 6.45) is 0. The van der Waals surface area contributed by atoms with E-state index in [9.17, 15) is 4.79 Å². The molecule has 2 aromatic rings. The van der Waals surface area contributed by atoms with Gasteiger partial charge in [0.1, 0.15) is 5.75 Å². The Balaban J connectivity index is 2.65. The lowest BCUT2D eigenvalue weighted by Crippen LogP contribution is -2.08. The first-order chi connectivity index (χ1) is 9.02. The van der Waals surface area contributed by atoms with Crippen LogP contribution in [0, 0.1) is 0 Å². The van der Waals surface area contributed by atoms with Gasteiger partial charge in [-0.25, -0.2) is 0 Å². The summed E-state index contributed by atoms with van der Waals surface area (Å²) in [5.74, 6) is 0.999. The molecule has 2 rings (SSSR count). The van der Waals surface area contributed by atoms with Crippen molar-refractivity contribution in [2.45, 2.75) is 6.92 Å². The van der Waals surface area contributed by atoms with E-state index in [1.165, 1.54) is 14.0 Å². The summed E-state index contributed by atoms with van der Waals surface area (Å²) >= 11 is 3.41. The number of aromatic nitrogens is 1. The highest BCUT2D eigenvalue weighted by atomic mass is 79.9. The summed E-state index contributed by atoms with van der Waals surface area (Å²) in [5, 5.41) is 6.36. The van der Waals surface area contributed by atoms with Crippen molar-refractivity contribution in [2.24, 2.45) is 0 Å². The van der Waals surface area contributed by atoms with Gasteiger partial charge in [-0.2, -0.15) is 0 Å². The van der Waals surface area contributed by atoms with Gasteiger partial charge in [-0.3, -0.25) is 4.79 Å². The first kappa shape index (κ1) is 13.4. The summed E-state index contributed by atoms with van der Waals surface area (Å²) in [6, 6.07) is 5.10. The fourth-order valence-corrected chi connectivity index (χ4v) is 2.20. The zero-order valence-corrected chi connectivity index (χ0v) is 11.9. The molecule has 0 aliphatic rings. The van der Waals surface area contributed by atoms with E-state index in [1.807, 2.05) is 0 Å². The number of halogens is 1. The number of nitrogen functional groups attached to an aromatic ring is 1. The highest BCUT2D eigenvalue weighted by Crippen LogP contribution is 2.41. The SMILES string of the molecule is COc1ccc(Br)c(-c2cc(N)no2)c1NC(C)=O. The number of nitrogens with zero attached hydrogens (tertiary/aromatic N) is 1. The van der Waals surface area contributed by atoms with E-state index in [1.54, 1.807) is 18.2 Å². The number of anilines is 2. The molecule has 0 spiro atoms. The molecule has 0 saturated heterocycles. The maximum atomic E-state index is 11.3. The Morgan fingerprint density at radius 1 is 1.53 bits per heavy atom. The number of nitrogens with two attached hydrogens (primary N) is 1. The molecule has 3 N–H and O–H groups in total. The minimum absolute atomic E-state index is 0.217. The Morgan fingerprint density at radius 2 is 2.26 bits per heavy atom. The van der Waals surface area contributed by atoms with Crippen LogP contribution in [0.25, 0.3) is 11.3 Å². The predicted octanol–water partition coefficient (Wildman–Crippen LogP) is 2.65. The van der Waals surface area contributed by atoms with Crippen LogP contribution in [0.2, 0.25) is 0 Å². The topological polar surface area (TPSA) is 90.4 Å². The lowest BCUT2D eigenvalue weighted by atomic mass is 10.1. The molecule has 100 valence electrons. The van der Waals surface area contributed by atoms with Crippen molar-refractivity contribution < 1.29 is 14.1 Å². The highest BCUT2D eigenvalue weighted by Gasteiger charge is 2.19. The van der Waals surface area contributed by atoms with Crippen molar-refractivity contribution in [1.29, 1.82) is 0 Å². The molecule has 1 aromatic carbocycles. The third-order valence-electron chi connectivity index (χ3n) is 2.41. The van der Waals surface area contributed by atoms with Crippen LogP contribution in [0.4, 0.5) is 11.5 Å². The van der Waals surface area contributed by atoms with Crippen LogP contribution in [0.5, 0.6) is 5.75 Å². The summed E-state index contributed by atoms with van der Waals surface area (Å²) < 4.78 is 11.1. The van der Waals surface area contributed by atoms with E-state index in [0.29, 0.717) is 22.8 Å². The minimum atomic E-state index is -0.217. The van der Waals surface area contributed by atoms with Crippen molar-refractivity contribution in [3.63, 3.8) is 0 Å². The Kier molecular flexibility index (Phi) is 3.75. The molecule has 0 radical (unpaired) electrons. The average Bonchev–Trinajstić information content (AvgIpc) is 2.75. The minimum Gasteiger partial charge on any atom is -0.495 e. The number of amides is 1. The van der Waals surface area contributed by atoms with E-state index in [-0.39, 0.29) is 11.7 Å². The smallest absolute Gasteiger partial charge is 0.221 e. The second kappa shape index (κ2) is 5.31. The van der Waals surface area contributed by atoms with Gasteiger partial charge in [0, 0.05) is 17.5 Å². The van der Waals surface area contributed by atoms with Crippen molar-refractivity contribution >= 4 is 33.3 Å². The van der Waals surface area contributed by atoms with E-state index >= 15 is 0 Å². The van der Waals surface area contributed by atoms with Crippen LogP contribution in [0.1, 0.15) is 6.92 Å². The molecule has 0 saturated carbocycles. The number of hydrogen-bond acceptors (Lipinski definition) is 5. The largest absolute Gasteiger partial charge is 0.495 e. The lowest BCUT2D eigenvalue weighted by molar-refractivity contribution is -0.114. The van der Waals surface area contributed by atoms with Gasteiger partial charge in [0.2, 0.25) is 5.91 Å². The molecule has 6 nitrogen and oxygen atoms in total. The van der Waals surface area contributed by atoms with Crippen LogP contribution in [-0.2, 0) is 4.79 Å². The van der Waals surface area contributed by atoms with Gasteiger partial charge in [0.05, 0.1) is 18.4 Å².